The monoisotopic (exact) mass is 206 g/mol. The summed E-state index contributed by atoms with van der Waals surface area (Å²) in [6, 6.07) is 0. The second-order valence-electron chi connectivity index (χ2n) is 1.92. The van der Waals surface area contributed by atoms with Crippen LogP contribution in [-0.4, -0.2) is 6.26 Å². The minimum Gasteiger partial charge on any atom is -0.122 e. The molecule has 2 heteroatoms. The van der Waals surface area contributed by atoms with Crippen molar-refractivity contribution >= 4 is 27.7 Å². The summed E-state index contributed by atoms with van der Waals surface area (Å²) in [4.78, 5) is 0. The molecule has 0 aromatic rings. The van der Waals surface area contributed by atoms with Crippen LogP contribution in [0.1, 0.15) is 13.8 Å². The first-order valence-corrected chi connectivity index (χ1v) is 4.73. The first kappa shape index (κ1) is 9.31. The summed E-state index contributed by atoms with van der Waals surface area (Å²) in [6.45, 7) is 4.16. The molecule has 52 valence electrons. The predicted octanol–water partition coefficient (Wildman–Crippen LogP) is 3.55. The molecule has 0 aliphatic heterocycles. The summed E-state index contributed by atoms with van der Waals surface area (Å²) in [7, 11) is 0. The molecule has 0 aromatic heterocycles. The van der Waals surface area contributed by atoms with Crippen molar-refractivity contribution in [3.8, 4) is 0 Å². The Bertz CT molecular complexity index is 132. The third kappa shape index (κ3) is 6.19. The van der Waals surface area contributed by atoms with Crippen LogP contribution in [0, 0.1) is 0 Å². The van der Waals surface area contributed by atoms with Crippen LogP contribution in [0.5, 0.6) is 0 Å². The van der Waals surface area contributed by atoms with Crippen molar-refractivity contribution in [2.24, 2.45) is 0 Å². The fourth-order valence-corrected chi connectivity index (χ4v) is 0.637. The van der Waals surface area contributed by atoms with E-state index in [1.807, 2.05) is 6.26 Å². The molecule has 0 fully saturated rings. The van der Waals surface area contributed by atoms with Crippen molar-refractivity contribution in [1.29, 1.82) is 0 Å². The molecule has 0 heterocycles. The lowest BCUT2D eigenvalue weighted by Gasteiger charge is -1.87. The molecule has 0 aliphatic rings. The van der Waals surface area contributed by atoms with Gasteiger partial charge in [0.2, 0.25) is 0 Å². The van der Waals surface area contributed by atoms with Gasteiger partial charge < -0.3 is 0 Å². The summed E-state index contributed by atoms with van der Waals surface area (Å²) in [5.74, 6) is 0. The van der Waals surface area contributed by atoms with Gasteiger partial charge in [-0.2, -0.15) is 0 Å². The first-order chi connectivity index (χ1) is 4.16. The molecule has 0 rings (SSSR count). The zero-order valence-electron chi connectivity index (χ0n) is 5.94. The van der Waals surface area contributed by atoms with Gasteiger partial charge in [-0.15, -0.1) is 11.8 Å². The molecule has 0 aromatic carbocycles. The van der Waals surface area contributed by atoms with E-state index in [-0.39, 0.29) is 0 Å². The second kappa shape index (κ2) is 5.12. The zero-order valence-corrected chi connectivity index (χ0v) is 8.34. The maximum atomic E-state index is 3.38. The fraction of sp³-hybridized carbons (Fsp3) is 0.429. The van der Waals surface area contributed by atoms with Gasteiger partial charge in [0.15, 0.2) is 0 Å². The Labute approximate surface area is 69.5 Å². The van der Waals surface area contributed by atoms with Gasteiger partial charge in [-0.05, 0) is 42.1 Å². The van der Waals surface area contributed by atoms with Gasteiger partial charge in [0, 0.05) is 3.81 Å². The molecule has 0 N–H and O–H groups in total. The van der Waals surface area contributed by atoms with E-state index in [0.717, 1.165) is 0 Å². The van der Waals surface area contributed by atoms with E-state index >= 15 is 0 Å². The van der Waals surface area contributed by atoms with Gasteiger partial charge in [-0.25, -0.2) is 0 Å². The average Bonchev–Trinajstić information content (AvgIpc) is 1.83. The normalized spacial score (nSPS) is 11.3. The summed E-state index contributed by atoms with van der Waals surface area (Å²) in [5.41, 5.74) is 1.32. The van der Waals surface area contributed by atoms with Gasteiger partial charge >= 0.3 is 0 Å². The lowest BCUT2D eigenvalue weighted by molar-refractivity contribution is 1.39. The SMILES string of the molecule is CS/C(Br)=C\C=C(C)C. The van der Waals surface area contributed by atoms with E-state index in [0.29, 0.717) is 0 Å². The lowest BCUT2D eigenvalue weighted by Crippen LogP contribution is -1.60. The molecule has 0 nitrogen and oxygen atoms in total. The van der Waals surface area contributed by atoms with Crippen molar-refractivity contribution in [3.05, 3.63) is 21.5 Å². The van der Waals surface area contributed by atoms with Crippen molar-refractivity contribution in [2.45, 2.75) is 13.8 Å². The third-order valence-electron chi connectivity index (χ3n) is 0.743. The van der Waals surface area contributed by atoms with Crippen LogP contribution in [0.25, 0.3) is 0 Å². The molecule has 0 spiro atoms. The van der Waals surface area contributed by atoms with Crippen LogP contribution in [-0.2, 0) is 0 Å². The zero-order chi connectivity index (χ0) is 7.28. The van der Waals surface area contributed by atoms with Crippen molar-refractivity contribution in [3.63, 3.8) is 0 Å². The van der Waals surface area contributed by atoms with E-state index < -0.39 is 0 Å². The lowest BCUT2D eigenvalue weighted by atomic mass is 10.3. The van der Waals surface area contributed by atoms with E-state index in [4.69, 9.17) is 0 Å². The Morgan fingerprint density at radius 3 is 2.22 bits per heavy atom. The van der Waals surface area contributed by atoms with Gasteiger partial charge in [0.25, 0.3) is 0 Å². The minimum atomic E-state index is 1.17. The number of hydrogen-bond acceptors (Lipinski definition) is 1. The smallest absolute Gasteiger partial charge is 0.0500 e. The number of hydrogen-bond donors (Lipinski definition) is 0. The largest absolute Gasteiger partial charge is 0.122 e. The maximum Gasteiger partial charge on any atom is 0.0500 e. The van der Waals surface area contributed by atoms with Crippen molar-refractivity contribution in [1.82, 2.24) is 0 Å². The minimum absolute atomic E-state index is 1.17. The molecular formula is C7H11BrS. The number of halogens is 1. The van der Waals surface area contributed by atoms with Crippen LogP contribution in [0.2, 0.25) is 0 Å². The molecule has 0 atom stereocenters. The molecule has 0 bridgehead atoms. The highest BCUT2D eigenvalue weighted by molar-refractivity contribution is 9.14. The predicted molar refractivity (Wildman–Crippen MR) is 50.0 cm³/mol. The van der Waals surface area contributed by atoms with Crippen molar-refractivity contribution in [2.75, 3.05) is 6.26 Å². The molecule has 9 heavy (non-hydrogen) atoms. The Balaban J connectivity index is 3.83. The van der Waals surface area contributed by atoms with Crippen LogP contribution >= 0.6 is 27.7 Å². The Morgan fingerprint density at radius 2 is 1.89 bits per heavy atom. The van der Waals surface area contributed by atoms with Crippen LogP contribution in [0.4, 0.5) is 0 Å². The standard InChI is InChI=1S/C7H11BrS/c1-6(2)4-5-7(8)9-3/h4-5H,1-3H3/b7-5-. The Kier molecular flexibility index (Phi) is 5.30. The van der Waals surface area contributed by atoms with Gasteiger partial charge in [0.05, 0.1) is 0 Å². The molecule has 0 unspecified atom stereocenters. The third-order valence-corrected chi connectivity index (χ3v) is 2.50. The number of rotatable bonds is 2. The van der Waals surface area contributed by atoms with Crippen molar-refractivity contribution < 1.29 is 0 Å². The van der Waals surface area contributed by atoms with Crippen LogP contribution < -0.4 is 0 Å². The molecule has 0 saturated heterocycles. The average molecular weight is 207 g/mol. The van der Waals surface area contributed by atoms with Gasteiger partial charge in [-0.1, -0.05) is 11.6 Å². The van der Waals surface area contributed by atoms with Crippen LogP contribution in [0.15, 0.2) is 21.5 Å². The molecule has 0 saturated carbocycles. The molecule has 0 amide bonds. The molecular weight excluding hydrogens is 196 g/mol. The highest BCUT2D eigenvalue weighted by Crippen LogP contribution is 2.18. The van der Waals surface area contributed by atoms with E-state index in [9.17, 15) is 0 Å². The summed E-state index contributed by atoms with van der Waals surface area (Å²) in [6.07, 6.45) is 6.18. The fourth-order valence-electron chi connectivity index (χ4n) is 0.300. The topological polar surface area (TPSA) is 0 Å². The van der Waals surface area contributed by atoms with E-state index in [1.165, 1.54) is 9.39 Å². The number of thioether (sulfide) groups is 1. The summed E-state index contributed by atoms with van der Waals surface area (Å²) >= 11 is 5.08. The van der Waals surface area contributed by atoms with Gasteiger partial charge in [0.1, 0.15) is 0 Å². The summed E-state index contributed by atoms with van der Waals surface area (Å²) < 4.78 is 1.17. The van der Waals surface area contributed by atoms with Gasteiger partial charge in [-0.3, -0.25) is 0 Å². The maximum absolute atomic E-state index is 3.38. The molecule has 0 aliphatic carbocycles. The number of allylic oxidation sites excluding steroid dienone is 3. The van der Waals surface area contributed by atoms with E-state index in [1.54, 1.807) is 11.8 Å². The Hall–Kier alpha value is 0.310. The molecule has 0 radical (unpaired) electrons. The highest BCUT2D eigenvalue weighted by Gasteiger charge is 1.81. The van der Waals surface area contributed by atoms with Crippen LogP contribution in [0.3, 0.4) is 0 Å². The highest BCUT2D eigenvalue weighted by atomic mass is 79.9. The van der Waals surface area contributed by atoms with E-state index in [2.05, 4.69) is 41.9 Å². The Morgan fingerprint density at radius 1 is 1.33 bits per heavy atom. The summed E-state index contributed by atoms with van der Waals surface area (Å²) in [5, 5.41) is 0. The quantitative estimate of drug-likeness (QED) is 0.624. The first-order valence-electron chi connectivity index (χ1n) is 2.71. The second-order valence-corrected chi connectivity index (χ2v) is 4.15.